The maximum absolute atomic E-state index is 6.08. The first-order valence-corrected chi connectivity index (χ1v) is 7.10. The van der Waals surface area contributed by atoms with Crippen LogP contribution < -0.4 is 4.74 Å². The van der Waals surface area contributed by atoms with Crippen LogP contribution in [0.1, 0.15) is 0 Å². The minimum absolute atomic E-state index is 0.515. The third-order valence-electron chi connectivity index (χ3n) is 2.33. The van der Waals surface area contributed by atoms with Gasteiger partial charge in [-0.1, -0.05) is 27.5 Å². The van der Waals surface area contributed by atoms with Crippen molar-refractivity contribution < 1.29 is 4.74 Å². The molecule has 90 valence electrons. The number of ether oxygens (including phenoxy) is 1. The van der Waals surface area contributed by atoms with E-state index in [4.69, 9.17) is 16.3 Å². The molecule has 0 atom stereocenters. The molecule has 2 aromatic heterocycles. The Morgan fingerprint density at radius 1 is 1.22 bits per heavy atom. The minimum Gasteiger partial charge on any atom is -0.437 e. The summed E-state index contributed by atoms with van der Waals surface area (Å²) in [4.78, 5) is 9.21. The van der Waals surface area contributed by atoms with E-state index in [0.717, 1.165) is 14.7 Å². The summed E-state index contributed by atoms with van der Waals surface area (Å²) in [6.07, 6.45) is 1.49. The molecule has 1 aromatic carbocycles. The molecule has 0 radical (unpaired) electrons. The second-order valence-electron chi connectivity index (χ2n) is 3.50. The van der Waals surface area contributed by atoms with Crippen molar-refractivity contribution in [2.75, 3.05) is 0 Å². The van der Waals surface area contributed by atoms with Crippen LogP contribution in [0.3, 0.4) is 0 Å². The number of hydrogen-bond acceptors (Lipinski definition) is 4. The van der Waals surface area contributed by atoms with Gasteiger partial charge in [0.1, 0.15) is 16.9 Å². The third kappa shape index (κ3) is 2.21. The van der Waals surface area contributed by atoms with Crippen LogP contribution in [0, 0.1) is 0 Å². The lowest BCUT2D eigenvalue weighted by molar-refractivity contribution is 0.468. The van der Waals surface area contributed by atoms with Gasteiger partial charge in [0, 0.05) is 4.47 Å². The molecule has 6 heteroatoms. The van der Waals surface area contributed by atoms with Crippen LogP contribution >= 0.6 is 38.9 Å². The number of nitrogens with zero attached hydrogens (tertiary/aromatic N) is 2. The van der Waals surface area contributed by atoms with Gasteiger partial charge in [0.05, 0.1) is 10.4 Å². The van der Waals surface area contributed by atoms with Gasteiger partial charge in [-0.05, 0) is 29.6 Å². The molecule has 0 saturated carbocycles. The van der Waals surface area contributed by atoms with Crippen LogP contribution in [-0.4, -0.2) is 9.97 Å². The van der Waals surface area contributed by atoms with Gasteiger partial charge in [0.25, 0.3) is 0 Å². The molecule has 0 aliphatic carbocycles. The molecule has 0 unspecified atom stereocenters. The van der Waals surface area contributed by atoms with Crippen molar-refractivity contribution in [1.82, 2.24) is 9.97 Å². The molecule has 0 fully saturated rings. The lowest BCUT2D eigenvalue weighted by atomic mass is 10.3. The van der Waals surface area contributed by atoms with E-state index in [-0.39, 0.29) is 0 Å². The maximum atomic E-state index is 6.08. The summed E-state index contributed by atoms with van der Waals surface area (Å²) in [7, 11) is 0. The Morgan fingerprint density at radius 3 is 3.00 bits per heavy atom. The largest absolute Gasteiger partial charge is 0.437 e. The van der Waals surface area contributed by atoms with Crippen molar-refractivity contribution in [1.29, 1.82) is 0 Å². The van der Waals surface area contributed by atoms with Crippen molar-refractivity contribution >= 4 is 49.1 Å². The summed E-state index contributed by atoms with van der Waals surface area (Å²) in [5, 5.41) is 3.38. The summed E-state index contributed by atoms with van der Waals surface area (Å²) in [5.41, 5.74) is 0. The number of fused-ring (bicyclic) bond motifs is 1. The molecular formula is C12H6BrClN2OS. The van der Waals surface area contributed by atoms with E-state index >= 15 is 0 Å². The van der Waals surface area contributed by atoms with Gasteiger partial charge in [0.2, 0.25) is 5.88 Å². The first kappa shape index (κ1) is 11.9. The second kappa shape index (κ2) is 4.84. The van der Waals surface area contributed by atoms with E-state index in [2.05, 4.69) is 25.9 Å². The molecule has 0 amide bonds. The zero-order chi connectivity index (χ0) is 12.5. The van der Waals surface area contributed by atoms with Gasteiger partial charge in [-0.3, -0.25) is 0 Å². The summed E-state index contributed by atoms with van der Waals surface area (Å²) in [6.45, 7) is 0. The standard InChI is InChI=1S/C12H6BrClN2OS/c13-7-1-2-9(14)10(5-7)17-11-8-3-4-18-12(8)16-6-15-11/h1-6H. The molecule has 0 spiro atoms. The van der Waals surface area contributed by atoms with Gasteiger partial charge in [-0.25, -0.2) is 9.97 Å². The minimum atomic E-state index is 0.515. The second-order valence-corrected chi connectivity index (χ2v) is 5.71. The Labute approximate surface area is 121 Å². The van der Waals surface area contributed by atoms with Crippen molar-refractivity contribution in [3.63, 3.8) is 0 Å². The third-order valence-corrected chi connectivity index (χ3v) is 3.95. The smallest absolute Gasteiger partial charge is 0.231 e. The van der Waals surface area contributed by atoms with Gasteiger partial charge >= 0.3 is 0 Å². The Bertz CT molecular complexity index is 716. The fourth-order valence-electron chi connectivity index (χ4n) is 1.51. The van der Waals surface area contributed by atoms with E-state index in [1.165, 1.54) is 6.33 Å². The first-order chi connectivity index (χ1) is 8.74. The zero-order valence-electron chi connectivity index (χ0n) is 8.93. The Hall–Kier alpha value is -1.17. The zero-order valence-corrected chi connectivity index (χ0v) is 12.1. The molecule has 3 nitrogen and oxygen atoms in total. The molecule has 3 aromatic rings. The SMILES string of the molecule is Clc1ccc(Br)cc1Oc1ncnc2sccc12. The van der Waals surface area contributed by atoms with Crippen LogP contribution in [-0.2, 0) is 0 Å². The van der Waals surface area contributed by atoms with E-state index in [1.807, 2.05) is 23.6 Å². The quantitative estimate of drug-likeness (QED) is 0.665. The Morgan fingerprint density at radius 2 is 2.11 bits per heavy atom. The highest BCUT2D eigenvalue weighted by Crippen LogP contribution is 2.34. The van der Waals surface area contributed by atoms with Gasteiger partial charge < -0.3 is 4.74 Å². The highest BCUT2D eigenvalue weighted by molar-refractivity contribution is 9.10. The normalized spacial score (nSPS) is 10.8. The number of thiophene rings is 1. The maximum Gasteiger partial charge on any atom is 0.231 e. The summed E-state index contributed by atoms with van der Waals surface area (Å²) >= 11 is 11.0. The predicted molar refractivity (Wildman–Crippen MR) is 76.6 cm³/mol. The fourth-order valence-corrected chi connectivity index (χ4v) is 2.73. The van der Waals surface area contributed by atoms with Crippen molar-refractivity contribution in [2.24, 2.45) is 0 Å². The number of benzene rings is 1. The lowest BCUT2D eigenvalue weighted by Gasteiger charge is -2.07. The number of hydrogen-bond donors (Lipinski definition) is 0. The van der Waals surface area contributed by atoms with Crippen LogP contribution in [0.2, 0.25) is 5.02 Å². The molecule has 0 saturated heterocycles. The molecule has 0 bridgehead atoms. The molecule has 2 heterocycles. The Kier molecular flexibility index (Phi) is 3.20. The van der Waals surface area contributed by atoms with Gasteiger partial charge in [-0.2, -0.15) is 0 Å². The van der Waals surface area contributed by atoms with Crippen LogP contribution in [0.25, 0.3) is 10.2 Å². The van der Waals surface area contributed by atoms with E-state index in [1.54, 1.807) is 17.4 Å². The van der Waals surface area contributed by atoms with Gasteiger partial charge in [0.15, 0.2) is 0 Å². The predicted octanol–water partition coefficient (Wildman–Crippen LogP) is 4.90. The van der Waals surface area contributed by atoms with Crippen molar-refractivity contribution in [3.8, 4) is 11.6 Å². The topological polar surface area (TPSA) is 35.0 Å². The van der Waals surface area contributed by atoms with Crippen LogP contribution in [0.15, 0.2) is 40.4 Å². The molecular weight excluding hydrogens is 336 g/mol. The monoisotopic (exact) mass is 340 g/mol. The number of rotatable bonds is 2. The summed E-state index contributed by atoms with van der Waals surface area (Å²) in [6, 6.07) is 7.37. The summed E-state index contributed by atoms with van der Waals surface area (Å²) < 4.78 is 6.66. The highest BCUT2D eigenvalue weighted by atomic mass is 79.9. The number of halogens is 2. The van der Waals surface area contributed by atoms with E-state index in [0.29, 0.717) is 16.7 Å². The van der Waals surface area contributed by atoms with Crippen molar-refractivity contribution in [2.45, 2.75) is 0 Å². The van der Waals surface area contributed by atoms with E-state index < -0.39 is 0 Å². The molecule has 3 rings (SSSR count). The van der Waals surface area contributed by atoms with Crippen molar-refractivity contribution in [3.05, 3.63) is 45.5 Å². The lowest BCUT2D eigenvalue weighted by Crippen LogP contribution is -1.90. The van der Waals surface area contributed by atoms with Gasteiger partial charge in [-0.15, -0.1) is 11.3 Å². The first-order valence-electron chi connectivity index (χ1n) is 5.05. The van der Waals surface area contributed by atoms with E-state index in [9.17, 15) is 0 Å². The van der Waals surface area contributed by atoms with Crippen LogP contribution in [0.5, 0.6) is 11.6 Å². The fraction of sp³-hybridized carbons (Fsp3) is 0. The number of aromatic nitrogens is 2. The highest BCUT2D eigenvalue weighted by Gasteiger charge is 2.09. The summed E-state index contributed by atoms with van der Waals surface area (Å²) in [5.74, 6) is 1.08. The molecule has 0 aliphatic heterocycles. The average Bonchev–Trinajstić information content (AvgIpc) is 2.83. The average molecular weight is 342 g/mol. The molecule has 0 N–H and O–H groups in total. The van der Waals surface area contributed by atoms with Crippen LogP contribution in [0.4, 0.5) is 0 Å². The molecule has 0 aliphatic rings. The Balaban J connectivity index is 2.06. The molecule has 18 heavy (non-hydrogen) atoms.